The molecular weight excluding hydrogens is 896 g/mol. The number of halogens is 11. The largest absolute Gasteiger partial charge is 0.435 e. The van der Waals surface area contributed by atoms with Crippen molar-refractivity contribution in [3.8, 4) is 23.0 Å². The van der Waals surface area contributed by atoms with Gasteiger partial charge in [-0.1, -0.05) is 23.6 Å². The van der Waals surface area contributed by atoms with Crippen LogP contribution in [0.4, 0.5) is 49.7 Å². The van der Waals surface area contributed by atoms with E-state index in [9.17, 15) is 61.3 Å². The van der Waals surface area contributed by atoms with Crippen LogP contribution in [0.15, 0.2) is 48.5 Å². The lowest BCUT2D eigenvalue weighted by Gasteiger charge is -2.23. The summed E-state index contributed by atoms with van der Waals surface area (Å²) in [6.07, 6.45) is -8.69. The summed E-state index contributed by atoms with van der Waals surface area (Å²) in [6, 6.07) is 5.56. The molecule has 0 aliphatic carbocycles. The van der Waals surface area contributed by atoms with Gasteiger partial charge in [-0.15, -0.1) is 0 Å². The maximum absolute atomic E-state index is 14.6. The van der Waals surface area contributed by atoms with Gasteiger partial charge in [0.15, 0.2) is 11.5 Å². The molecule has 1 amide bonds. The van der Waals surface area contributed by atoms with E-state index in [4.69, 9.17) is 11.6 Å². The number of alkyl halides is 8. The van der Waals surface area contributed by atoms with E-state index in [1.807, 2.05) is 4.72 Å². The Hall–Kier alpha value is -5.21. The molecule has 5 rings (SSSR count). The predicted molar refractivity (Wildman–Crippen MR) is 205 cm³/mol. The average Bonchev–Trinajstić information content (AvgIpc) is 3.67. The minimum Gasteiger partial charge on any atom is -0.346 e. The molecule has 11 nitrogen and oxygen atoms in total. The highest BCUT2D eigenvalue weighted by molar-refractivity contribution is 7.92. The molecule has 0 radical (unpaired) electrons. The molecule has 0 aliphatic rings. The van der Waals surface area contributed by atoms with Gasteiger partial charge in [-0.05, 0) is 68.2 Å². The average molecular weight is 928 g/mol. The highest BCUT2D eigenvalue weighted by Crippen LogP contribution is 2.41. The lowest BCUT2D eigenvalue weighted by molar-refractivity contribution is -0.142. The van der Waals surface area contributed by atoms with Gasteiger partial charge in [0.2, 0.25) is 15.9 Å². The second-order valence-electron chi connectivity index (χ2n) is 14.2. The molecule has 0 bridgehead atoms. The number of anilines is 1. The van der Waals surface area contributed by atoms with Crippen molar-refractivity contribution in [3.05, 3.63) is 93.5 Å². The number of nitrogens with one attached hydrogen (secondary N) is 2. The zero-order valence-electron chi connectivity index (χ0n) is 32.2. The number of carbonyl (C=O) groups excluding carboxylic acids is 1. The fourth-order valence-corrected chi connectivity index (χ4v) is 6.87. The van der Waals surface area contributed by atoms with Crippen molar-refractivity contribution in [2.45, 2.75) is 69.3 Å². The number of nitrogens with zero attached hydrogens (tertiary/aromatic N) is 5. The van der Waals surface area contributed by atoms with Crippen molar-refractivity contribution < 1.29 is 61.3 Å². The highest BCUT2D eigenvalue weighted by Gasteiger charge is 2.40. The fourth-order valence-electron chi connectivity index (χ4n) is 5.94. The van der Waals surface area contributed by atoms with Crippen molar-refractivity contribution in [3.63, 3.8) is 0 Å². The summed E-state index contributed by atoms with van der Waals surface area (Å²) >= 11 is 6.44. The van der Waals surface area contributed by atoms with E-state index in [0.29, 0.717) is 17.0 Å². The Kier molecular flexibility index (Phi) is 13.0. The Bertz CT molecular complexity index is 2700. The van der Waals surface area contributed by atoms with E-state index in [0.717, 1.165) is 12.1 Å². The quantitative estimate of drug-likeness (QED) is 0.0958. The van der Waals surface area contributed by atoms with Crippen LogP contribution in [0.25, 0.3) is 22.0 Å². The molecule has 1 unspecified atom stereocenters. The Morgan fingerprint density at radius 2 is 1.54 bits per heavy atom. The summed E-state index contributed by atoms with van der Waals surface area (Å²) < 4.78 is 179. The fraction of sp³-hybridized carbons (Fsp3) is 0.351. The predicted octanol–water partition coefficient (Wildman–Crippen LogP) is 7.90. The minimum absolute atomic E-state index is 0.0513. The number of hydrogen-bond donors (Lipinski definition) is 2. The number of carbonyl (C=O) groups is 1. The molecule has 0 spiro atoms. The van der Waals surface area contributed by atoms with Crippen molar-refractivity contribution in [2.75, 3.05) is 17.2 Å². The van der Waals surface area contributed by atoms with Crippen LogP contribution < -0.4 is 10.0 Å². The summed E-state index contributed by atoms with van der Waals surface area (Å²) in [5.41, 5.74) is -4.42. The van der Waals surface area contributed by atoms with E-state index in [2.05, 4.69) is 32.3 Å². The molecule has 61 heavy (non-hydrogen) atoms. The van der Waals surface area contributed by atoms with Crippen LogP contribution in [0.5, 0.6) is 0 Å². The van der Waals surface area contributed by atoms with Gasteiger partial charge in [0.1, 0.15) is 40.9 Å². The van der Waals surface area contributed by atoms with Crippen LogP contribution in [0.2, 0.25) is 5.02 Å². The number of hydrogen-bond acceptors (Lipinski definition) is 7. The lowest BCUT2D eigenvalue weighted by Crippen LogP contribution is -2.35. The number of sulfonamides is 1. The third-order valence-corrected chi connectivity index (χ3v) is 11.1. The second kappa shape index (κ2) is 16.9. The van der Waals surface area contributed by atoms with Crippen LogP contribution in [0.3, 0.4) is 0 Å². The summed E-state index contributed by atoms with van der Waals surface area (Å²) in [5.74, 6) is -2.53. The van der Waals surface area contributed by atoms with Crippen molar-refractivity contribution in [1.29, 1.82) is 0 Å². The molecule has 5 aromatic rings. The highest BCUT2D eigenvalue weighted by atomic mass is 35.5. The van der Waals surface area contributed by atoms with Gasteiger partial charge in [-0.25, -0.2) is 22.2 Å². The van der Waals surface area contributed by atoms with E-state index in [-0.39, 0.29) is 56.2 Å². The number of rotatable bonds is 12. The molecule has 2 aromatic carbocycles. The third kappa shape index (κ3) is 11.6. The Morgan fingerprint density at radius 1 is 0.918 bits per heavy atom. The summed E-state index contributed by atoms with van der Waals surface area (Å²) in [5, 5.41) is 8.83. The Balaban J connectivity index is 1.81. The van der Waals surface area contributed by atoms with E-state index in [1.54, 1.807) is 0 Å². The SMILES string of the molecule is CS(=O)C(C)(C)C#Cc1ccc(-c2ccc(Cl)c3c(NS(C)(=O)=O)nn(CC(F)(F)F)c23)c([C@H](Cc2cc(F)cc(F)c2)NC(=O)Cn2nc(C(F)(F)F)cc2C(C)(F)F)n1. The van der Waals surface area contributed by atoms with Gasteiger partial charge in [-0.3, -0.25) is 23.1 Å². The molecule has 0 saturated carbocycles. The van der Waals surface area contributed by atoms with Gasteiger partial charge in [0.25, 0.3) is 5.92 Å². The zero-order chi connectivity index (χ0) is 45.6. The summed E-state index contributed by atoms with van der Waals surface area (Å²) in [4.78, 5) is 18.3. The number of amides is 1. The smallest absolute Gasteiger partial charge is 0.346 e. The molecule has 0 fully saturated rings. The van der Waals surface area contributed by atoms with Crippen LogP contribution >= 0.6 is 11.6 Å². The monoisotopic (exact) mass is 927 g/mol. The van der Waals surface area contributed by atoms with Gasteiger partial charge >= 0.3 is 12.4 Å². The molecule has 3 heterocycles. The maximum atomic E-state index is 14.6. The van der Waals surface area contributed by atoms with Crippen molar-refractivity contribution in [2.24, 2.45) is 0 Å². The molecule has 24 heteroatoms. The standard InChI is InChI=1S/C37H32ClF10N7O4S2/c1-34(2,60(4)57)11-10-22-6-7-23(24-8-9-25(38)30-32(24)55(18-36(43,44)45)52-33(30)53-61(5,58)59)31(49-22)26(14-19-12-20(39)15-21(40)13-19)50-29(56)17-54-28(35(3,41)42)16-27(51-54)37(46,47)48/h6-9,12-13,15-16,26H,14,17-18H2,1-5H3,(H,50,56)(H,52,53)/t26-,60?/m0/s1. The second-order valence-corrected chi connectivity index (χ2v) is 18.3. The summed E-state index contributed by atoms with van der Waals surface area (Å²) in [7, 11) is -5.71. The van der Waals surface area contributed by atoms with Crippen molar-refractivity contribution in [1.82, 2.24) is 29.9 Å². The molecule has 2 N–H and O–H groups in total. The van der Waals surface area contributed by atoms with Gasteiger partial charge in [0.05, 0.1) is 33.9 Å². The molecule has 2 atom stereocenters. The topological polar surface area (TPSA) is 141 Å². The van der Waals surface area contributed by atoms with Crippen LogP contribution in [0.1, 0.15) is 55.2 Å². The Labute approximate surface area is 348 Å². The minimum atomic E-state index is -5.20. The first-order chi connectivity index (χ1) is 27.9. The first-order valence-corrected chi connectivity index (χ1v) is 21.1. The summed E-state index contributed by atoms with van der Waals surface area (Å²) in [6.45, 7) is 0.266. The number of benzene rings is 2. The van der Waals surface area contributed by atoms with E-state index >= 15 is 0 Å². The number of fused-ring (bicyclic) bond motifs is 1. The van der Waals surface area contributed by atoms with Gasteiger partial charge in [0, 0.05) is 41.2 Å². The number of pyridine rings is 1. The van der Waals surface area contributed by atoms with Crippen LogP contribution in [0, 0.1) is 23.5 Å². The Morgan fingerprint density at radius 3 is 2.10 bits per heavy atom. The van der Waals surface area contributed by atoms with E-state index in [1.165, 1.54) is 44.4 Å². The van der Waals surface area contributed by atoms with E-state index < -0.39 is 110 Å². The zero-order valence-corrected chi connectivity index (χ0v) is 34.5. The lowest BCUT2D eigenvalue weighted by atomic mass is 9.93. The molecular formula is C37H32ClF10N7O4S2. The maximum Gasteiger partial charge on any atom is 0.435 e. The third-order valence-electron chi connectivity index (χ3n) is 8.72. The molecule has 0 aliphatic heterocycles. The molecule has 328 valence electrons. The first-order valence-electron chi connectivity index (χ1n) is 17.3. The van der Waals surface area contributed by atoms with Crippen molar-refractivity contribution >= 4 is 55.1 Å². The van der Waals surface area contributed by atoms with Crippen LogP contribution in [-0.2, 0) is 57.2 Å². The first kappa shape index (κ1) is 46.8. The number of aromatic nitrogens is 5. The molecule has 0 saturated heterocycles. The van der Waals surface area contributed by atoms with Gasteiger partial charge in [-0.2, -0.15) is 45.3 Å². The van der Waals surface area contributed by atoms with Crippen LogP contribution in [-0.4, -0.2) is 66.5 Å². The van der Waals surface area contributed by atoms with Gasteiger partial charge < -0.3 is 5.32 Å². The molecule has 3 aromatic heterocycles. The normalized spacial score (nSPS) is 13.8.